The highest BCUT2D eigenvalue weighted by Crippen LogP contribution is 2.40. The van der Waals surface area contributed by atoms with Gasteiger partial charge < -0.3 is 19.0 Å². The van der Waals surface area contributed by atoms with Crippen LogP contribution in [0, 0.1) is 0 Å². The van der Waals surface area contributed by atoms with Gasteiger partial charge in [0.05, 0.1) is 31.4 Å². The standard InChI is InChI=1S/C12H10O6/c1-16-9-6-3-4-18-11(6)10(17-2)7(5-13)8(9)12(14)15/h3-5H,1-2H3,(H,14,15). The molecule has 94 valence electrons. The summed E-state index contributed by atoms with van der Waals surface area (Å²) in [5.41, 5.74) is -0.0657. The second-order valence-electron chi connectivity index (χ2n) is 3.44. The van der Waals surface area contributed by atoms with E-state index in [1.165, 1.54) is 20.5 Å². The lowest BCUT2D eigenvalue weighted by molar-refractivity contribution is 0.0690. The zero-order valence-corrected chi connectivity index (χ0v) is 9.72. The quantitative estimate of drug-likeness (QED) is 0.835. The van der Waals surface area contributed by atoms with Gasteiger partial charge in [-0.25, -0.2) is 4.79 Å². The number of hydrogen-bond acceptors (Lipinski definition) is 5. The van der Waals surface area contributed by atoms with E-state index in [0.717, 1.165) is 0 Å². The molecular weight excluding hydrogens is 240 g/mol. The van der Waals surface area contributed by atoms with Gasteiger partial charge >= 0.3 is 5.97 Å². The van der Waals surface area contributed by atoms with Gasteiger partial charge in [-0.15, -0.1) is 0 Å². The fourth-order valence-corrected chi connectivity index (χ4v) is 1.90. The summed E-state index contributed by atoms with van der Waals surface area (Å²) in [6.45, 7) is 0. The van der Waals surface area contributed by atoms with E-state index in [1.807, 2.05) is 0 Å². The number of ether oxygens (including phenoxy) is 2. The highest BCUT2D eigenvalue weighted by Gasteiger charge is 2.26. The number of carbonyl (C=O) groups is 2. The molecule has 0 fully saturated rings. The van der Waals surface area contributed by atoms with E-state index >= 15 is 0 Å². The summed E-state index contributed by atoms with van der Waals surface area (Å²) in [5, 5.41) is 9.64. The van der Waals surface area contributed by atoms with Crippen molar-refractivity contribution in [3.8, 4) is 11.5 Å². The average molecular weight is 250 g/mol. The molecule has 6 nitrogen and oxygen atoms in total. The number of aromatic carboxylic acids is 1. The van der Waals surface area contributed by atoms with Crippen molar-refractivity contribution in [2.24, 2.45) is 0 Å². The Kier molecular flexibility index (Phi) is 2.93. The van der Waals surface area contributed by atoms with Crippen molar-refractivity contribution in [3.05, 3.63) is 23.5 Å². The molecule has 0 spiro atoms. The van der Waals surface area contributed by atoms with E-state index in [2.05, 4.69) is 0 Å². The van der Waals surface area contributed by atoms with Crippen LogP contribution >= 0.6 is 0 Å². The number of fused-ring (bicyclic) bond motifs is 1. The smallest absolute Gasteiger partial charge is 0.340 e. The van der Waals surface area contributed by atoms with Gasteiger partial charge in [-0.2, -0.15) is 0 Å². The van der Waals surface area contributed by atoms with Crippen molar-refractivity contribution in [2.45, 2.75) is 0 Å². The summed E-state index contributed by atoms with van der Waals surface area (Å²) in [6, 6.07) is 1.55. The van der Waals surface area contributed by atoms with Crippen LogP contribution in [0.25, 0.3) is 11.0 Å². The van der Waals surface area contributed by atoms with Crippen LogP contribution in [0.15, 0.2) is 16.7 Å². The maximum absolute atomic E-state index is 11.3. The van der Waals surface area contributed by atoms with Gasteiger partial charge in [0.2, 0.25) is 0 Å². The van der Waals surface area contributed by atoms with Crippen LogP contribution in [0.5, 0.6) is 11.5 Å². The first kappa shape index (κ1) is 12.0. The monoisotopic (exact) mass is 250 g/mol. The van der Waals surface area contributed by atoms with Crippen LogP contribution in [-0.2, 0) is 0 Å². The maximum Gasteiger partial charge on any atom is 0.340 e. The number of aldehydes is 1. The van der Waals surface area contributed by atoms with Crippen molar-refractivity contribution in [1.29, 1.82) is 0 Å². The first-order chi connectivity index (χ1) is 8.65. The summed E-state index contributed by atoms with van der Waals surface area (Å²) >= 11 is 0. The van der Waals surface area contributed by atoms with Crippen molar-refractivity contribution in [1.82, 2.24) is 0 Å². The summed E-state index contributed by atoms with van der Waals surface area (Å²) < 4.78 is 15.3. The van der Waals surface area contributed by atoms with Gasteiger partial charge in [0.1, 0.15) is 11.3 Å². The molecule has 2 aromatic rings. The van der Waals surface area contributed by atoms with E-state index in [4.69, 9.17) is 13.9 Å². The Bertz CT molecular complexity index is 625. The molecule has 1 aromatic heterocycles. The molecule has 1 heterocycles. The Morgan fingerprint density at radius 2 is 2.00 bits per heavy atom. The summed E-state index contributed by atoms with van der Waals surface area (Å²) in [6.07, 6.45) is 1.78. The molecule has 0 atom stereocenters. The number of benzene rings is 1. The number of methoxy groups -OCH3 is 2. The van der Waals surface area contributed by atoms with Crippen LogP contribution < -0.4 is 9.47 Å². The summed E-state index contributed by atoms with van der Waals surface area (Å²) in [4.78, 5) is 22.4. The number of carboxylic acid groups (broad SMARTS) is 1. The van der Waals surface area contributed by atoms with Gasteiger partial charge in [0.15, 0.2) is 17.6 Å². The Labute approximate surface area is 102 Å². The third-order valence-corrected chi connectivity index (χ3v) is 2.60. The third kappa shape index (κ3) is 1.50. The summed E-state index contributed by atoms with van der Waals surface area (Å²) in [7, 11) is 2.66. The first-order valence-electron chi connectivity index (χ1n) is 4.99. The second kappa shape index (κ2) is 4.40. The lowest BCUT2D eigenvalue weighted by atomic mass is 10.0. The minimum absolute atomic E-state index is 0.0779. The SMILES string of the molecule is COc1c(C(=O)O)c(C=O)c(OC)c2occc12. The second-order valence-corrected chi connectivity index (χ2v) is 3.44. The van der Waals surface area contributed by atoms with E-state index < -0.39 is 5.97 Å². The first-order valence-corrected chi connectivity index (χ1v) is 4.99. The molecule has 0 aliphatic carbocycles. The van der Waals surface area contributed by atoms with E-state index in [0.29, 0.717) is 11.7 Å². The molecule has 0 radical (unpaired) electrons. The fraction of sp³-hybridized carbons (Fsp3) is 0.167. The van der Waals surface area contributed by atoms with Gasteiger partial charge in [-0.1, -0.05) is 0 Å². The Morgan fingerprint density at radius 1 is 1.33 bits per heavy atom. The molecule has 0 saturated heterocycles. The van der Waals surface area contributed by atoms with Crippen molar-refractivity contribution < 1.29 is 28.6 Å². The van der Waals surface area contributed by atoms with Crippen LogP contribution in [0.1, 0.15) is 20.7 Å². The molecule has 0 bridgehead atoms. The number of rotatable bonds is 4. The predicted octanol–water partition coefficient (Wildman–Crippen LogP) is 1.96. The van der Waals surface area contributed by atoms with Crippen LogP contribution in [0.3, 0.4) is 0 Å². The number of hydrogen-bond donors (Lipinski definition) is 1. The minimum atomic E-state index is -1.27. The zero-order valence-electron chi connectivity index (χ0n) is 9.72. The van der Waals surface area contributed by atoms with Crippen LogP contribution in [0.4, 0.5) is 0 Å². The fourth-order valence-electron chi connectivity index (χ4n) is 1.90. The molecule has 0 aliphatic rings. The lowest BCUT2D eigenvalue weighted by Crippen LogP contribution is -2.07. The topological polar surface area (TPSA) is 86.0 Å². The summed E-state index contributed by atoms with van der Waals surface area (Å²) in [5.74, 6) is -1.10. The van der Waals surface area contributed by atoms with Crippen molar-refractivity contribution in [3.63, 3.8) is 0 Å². The highest BCUT2D eigenvalue weighted by molar-refractivity contribution is 6.09. The van der Waals surface area contributed by atoms with E-state index in [9.17, 15) is 14.7 Å². The van der Waals surface area contributed by atoms with Crippen LogP contribution in [-0.4, -0.2) is 31.6 Å². The molecule has 0 unspecified atom stereocenters. The molecule has 0 amide bonds. The van der Waals surface area contributed by atoms with Gasteiger partial charge in [-0.3, -0.25) is 4.79 Å². The normalized spacial score (nSPS) is 10.3. The van der Waals surface area contributed by atoms with Crippen LogP contribution in [0.2, 0.25) is 0 Å². The highest BCUT2D eigenvalue weighted by atomic mass is 16.5. The average Bonchev–Trinajstić information content (AvgIpc) is 2.83. The number of furan rings is 1. The van der Waals surface area contributed by atoms with Gasteiger partial charge in [-0.05, 0) is 6.07 Å². The Balaban J connectivity index is 3.01. The van der Waals surface area contributed by atoms with Crippen molar-refractivity contribution in [2.75, 3.05) is 14.2 Å². The Hall–Kier alpha value is -2.50. The maximum atomic E-state index is 11.3. The Morgan fingerprint density at radius 3 is 2.50 bits per heavy atom. The lowest BCUT2D eigenvalue weighted by Gasteiger charge is -2.12. The molecule has 1 aromatic carbocycles. The predicted molar refractivity (Wildman–Crippen MR) is 61.7 cm³/mol. The van der Waals surface area contributed by atoms with E-state index in [1.54, 1.807) is 6.07 Å². The molecule has 1 N–H and O–H groups in total. The molecule has 2 rings (SSSR count). The van der Waals surface area contributed by atoms with E-state index in [-0.39, 0.29) is 28.2 Å². The number of carbonyl (C=O) groups excluding carboxylic acids is 1. The molecule has 0 aliphatic heterocycles. The largest absolute Gasteiger partial charge is 0.495 e. The zero-order chi connectivity index (χ0) is 13.3. The molecular formula is C12H10O6. The molecule has 6 heteroatoms. The third-order valence-electron chi connectivity index (χ3n) is 2.60. The van der Waals surface area contributed by atoms with Crippen molar-refractivity contribution >= 4 is 23.2 Å². The van der Waals surface area contributed by atoms with Gasteiger partial charge in [0.25, 0.3) is 0 Å². The van der Waals surface area contributed by atoms with Gasteiger partial charge in [0, 0.05) is 0 Å². The molecule has 0 saturated carbocycles. The minimum Gasteiger partial charge on any atom is -0.495 e. The number of carboxylic acids is 1. The molecule has 18 heavy (non-hydrogen) atoms.